The number of halogens is 2. The number of carbonyl (C=O) groups excluding carboxylic acids is 1. The third-order valence-electron chi connectivity index (χ3n) is 5.85. The zero-order valence-electron chi connectivity index (χ0n) is 18.1. The molecule has 5 nitrogen and oxygen atoms in total. The third-order valence-corrected chi connectivity index (χ3v) is 6.45. The van der Waals surface area contributed by atoms with Gasteiger partial charge in [-0.15, -0.1) is 0 Å². The number of nitrogens with two attached hydrogens (primary N) is 1. The minimum atomic E-state index is -0.309. The number of benzene rings is 3. The van der Waals surface area contributed by atoms with Crippen LogP contribution >= 0.6 is 23.2 Å². The highest BCUT2D eigenvalue weighted by Gasteiger charge is 2.32. The van der Waals surface area contributed by atoms with Crippen molar-refractivity contribution in [2.75, 3.05) is 31.2 Å². The lowest BCUT2D eigenvalue weighted by Crippen LogP contribution is -2.36. The van der Waals surface area contributed by atoms with Gasteiger partial charge in [-0.05, 0) is 47.9 Å². The number of anilines is 1. The fourth-order valence-electron chi connectivity index (χ4n) is 4.25. The molecule has 0 radical (unpaired) electrons. The second kappa shape index (κ2) is 10.9. The molecule has 0 bridgehead atoms. The molecule has 3 aromatic carbocycles. The van der Waals surface area contributed by atoms with Crippen molar-refractivity contribution in [2.45, 2.75) is 12.5 Å². The summed E-state index contributed by atoms with van der Waals surface area (Å²) >= 11 is 12.2. The highest BCUT2D eigenvalue weighted by Crippen LogP contribution is 2.38. The number of carbonyl (C=O) groups is 1. The average molecular weight is 485 g/mol. The van der Waals surface area contributed by atoms with E-state index in [0.717, 1.165) is 24.8 Å². The molecule has 2 N–H and O–H groups in total. The van der Waals surface area contributed by atoms with Gasteiger partial charge in [-0.25, -0.2) is 0 Å². The van der Waals surface area contributed by atoms with E-state index in [2.05, 4.69) is 17.0 Å². The first kappa shape index (κ1) is 23.4. The Morgan fingerprint density at radius 1 is 0.939 bits per heavy atom. The van der Waals surface area contributed by atoms with E-state index in [1.807, 2.05) is 36.4 Å². The monoisotopic (exact) mass is 484 g/mol. The molecular formula is C26H26Cl2N2O3. The van der Waals surface area contributed by atoms with Crippen molar-refractivity contribution in [3.63, 3.8) is 0 Å². The van der Waals surface area contributed by atoms with E-state index in [1.165, 1.54) is 11.3 Å². The number of hydrogen-bond donors (Lipinski definition) is 1. The first-order valence-corrected chi connectivity index (χ1v) is 11.7. The van der Waals surface area contributed by atoms with Crippen LogP contribution < -0.4 is 20.1 Å². The maximum Gasteiger partial charge on any atom is 0.156 e. The molecule has 1 heterocycles. The van der Waals surface area contributed by atoms with E-state index in [4.69, 9.17) is 38.4 Å². The van der Waals surface area contributed by atoms with Crippen molar-refractivity contribution < 1.29 is 14.3 Å². The summed E-state index contributed by atoms with van der Waals surface area (Å²) in [7, 11) is 0. The van der Waals surface area contributed by atoms with Crippen molar-refractivity contribution >= 4 is 35.2 Å². The molecule has 0 amide bonds. The Morgan fingerprint density at radius 2 is 1.64 bits per heavy atom. The van der Waals surface area contributed by atoms with Crippen molar-refractivity contribution in [3.05, 3.63) is 87.9 Å². The molecule has 2 atom stereocenters. The molecule has 1 aliphatic heterocycles. The fraction of sp³-hybridized carbons (Fsp3) is 0.269. The van der Waals surface area contributed by atoms with Crippen molar-refractivity contribution in [3.8, 4) is 11.5 Å². The number of rotatable bonds is 10. The Balaban J connectivity index is 1.43. The maximum atomic E-state index is 11.9. The van der Waals surface area contributed by atoms with E-state index in [1.54, 1.807) is 18.2 Å². The lowest BCUT2D eigenvalue weighted by molar-refractivity contribution is -0.111. The van der Waals surface area contributed by atoms with Gasteiger partial charge in [-0.2, -0.15) is 0 Å². The Morgan fingerprint density at radius 3 is 2.33 bits per heavy atom. The lowest BCUT2D eigenvalue weighted by atomic mass is 9.92. The number of ether oxygens (including phenoxy) is 2. The summed E-state index contributed by atoms with van der Waals surface area (Å²) in [5.74, 6) is 0.857. The molecule has 0 saturated heterocycles. The molecule has 0 saturated carbocycles. The Bertz CT molecular complexity index is 1070. The Kier molecular flexibility index (Phi) is 7.76. The van der Waals surface area contributed by atoms with Crippen LogP contribution in [0.2, 0.25) is 10.0 Å². The van der Waals surface area contributed by atoms with Gasteiger partial charge in [-0.3, -0.25) is 0 Å². The fourth-order valence-corrected chi connectivity index (χ4v) is 4.76. The van der Waals surface area contributed by atoms with Crippen LogP contribution in [0.3, 0.4) is 0 Å². The highest BCUT2D eigenvalue weighted by atomic mass is 35.5. The summed E-state index contributed by atoms with van der Waals surface area (Å²) in [6.45, 7) is 1.78. The van der Waals surface area contributed by atoms with Gasteiger partial charge in [0.05, 0.1) is 22.0 Å². The molecular weight excluding hydrogens is 459 g/mol. The molecule has 3 aromatic rings. The van der Waals surface area contributed by atoms with Gasteiger partial charge in [0.25, 0.3) is 0 Å². The zero-order chi connectivity index (χ0) is 23.2. The van der Waals surface area contributed by atoms with Crippen LogP contribution in [0.25, 0.3) is 0 Å². The van der Waals surface area contributed by atoms with Crippen molar-refractivity contribution in [2.24, 2.45) is 11.7 Å². The maximum absolute atomic E-state index is 11.9. The quantitative estimate of drug-likeness (QED) is 0.311. The van der Waals surface area contributed by atoms with E-state index < -0.39 is 0 Å². The van der Waals surface area contributed by atoms with Gasteiger partial charge < -0.3 is 24.9 Å². The first-order valence-electron chi connectivity index (χ1n) is 10.9. The van der Waals surface area contributed by atoms with Crippen LogP contribution in [0.15, 0.2) is 66.7 Å². The molecule has 1 aliphatic rings. The SMILES string of the molecule is NCC(C=O)C(c1ccc(OCCOc2c(Cl)cccc2Cl)cc1)N1CCc2ccccc21. The third kappa shape index (κ3) is 5.27. The second-order valence-corrected chi connectivity index (χ2v) is 8.68. The molecule has 0 aromatic heterocycles. The summed E-state index contributed by atoms with van der Waals surface area (Å²) in [6.07, 6.45) is 1.92. The van der Waals surface area contributed by atoms with Crippen LogP contribution in [0.1, 0.15) is 17.2 Å². The molecule has 0 spiro atoms. The Labute approximate surface area is 204 Å². The van der Waals surface area contributed by atoms with Gasteiger partial charge in [0.2, 0.25) is 0 Å². The molecule has 0 aliphatic carbocycles. The van der Waals surface area contributed by atoms with E-state index in [0.29, 0.717) is 34.8 Å². The molecule has 33 heavy (non-hydrogen) atoms. The molecule has 172 valence electrons. The molecule has 2 unspecified atom stereocenters. The van der Waals surface area contributed by atoms with E-state index >= 15 is 0 Å². The van der Waals surface area contributed by atoms with Gasteiger partial charge in [0.1, 0.15) is 25.2 Å². The predicted molar refractivity (Wildman–Crippen MR) is 133 cm³/mol. The number of nitrogens with zero attached hydrogens (tertiary/aromatic N) is 1. The summed E-state index contributed by atoms with van der Waals surface area (Å²) < 4.78 is 11.5. The molecule has 7 heteroatoms. The first-order chi connectivity index (χ1) is 16.1. The summed E-state index contributed by atoms with van der Waals surface area (Å²) in [6, 6.07) is 21.2. The largest absolute Gasteiger partial charge is 0.490 e. The van der Waals surface area contributed by atoms with Crippen LogP contribution in [0.4, 0.5) is 5.69 Å². The molecule has 0 fully saturated rings. The number of para-hydroxylation sites is 2. The van der Waals surface area contributed by atoms with Gasteiger partial charge in [0.15, 0.2) is 5.75 Å². The van der Waals surface area contributed by atoms with Crippen LogP contribution in [0, 0.1) is 5.92 Å². The summed E-state index contributed by atoms with van der Waals surface area (Å²) in [5.41, 5.74) is 9.46. The van der Waals surface area contributed by atoms with Gasteiger partial charge >= 0.3 is 0 Å². The van der Waals surface area contributed by atoms with E-state index in [-0.39, 0.29) is 18.5 Å². The Hall–Kier alpha value is -2.73. The lowest BCUT2D eigenvalue weighted by Gasteiger charge is -2.34. The number of aldehydes is 1. The number of hydrogen-bond acceptors (Lipinski definition) is 5. The van der Waals surface area contributed by atoms with E-state index in [9.17, 15) is 4.79 Å². The van der Waals surface area contributed by atoms with Crippen LogP contribution in [-0.2, 0) is 11.2 Å². The summed E-state index contributed by atoms with van der Waals surface area (Å²) in [4.78, 5) is 14.2. The van der Waals surface area contributed by atoms with Crippen LogP contribution in [0.5, 0.6) is 11.5 Å². The van der Waals surface area contributed by atoms with Crippen molar-refractivity contribution in [1.29, 1.82) is 0 Å². The standard InChI is InChI=1S/C26H26Cl2N2O3/c27-22-5-3-6-23(28)26(22)33-15-14-32-21-10-8-19(9-11-21)25(20(16-29)17-31)30-13-12-18-4-1-2-7-24(18)30/h1-11,17,20,25H,12-16,29H2. The summed E-state index contributed by atoms with van der Waals surface area (Å²) in [5, 5.41) is 0.928. The van der Waals surface area contributed by atoms with Crippen molar-refractivity contribution in [1.82, 2.24) is 0 Å². The van der Waals surface area contributed by atoms with Gasteiger partial charge in [0, 0.05) is 18.8 Å². The topological polar surface area (TPSA) is 64.8 Å². The zero-order valence-corrected chi connectivity index (χ0v) is 19.6. The second-order valence-electron chi connectivity index (χ2n) is 7.87. The highest BCUT2D eigenvalue weighted by molar-refractivity contribution is 6.37. The minimum Gasteiger partial charge on any atom is -0.490 e. The van der Waals surface area contributed by atoms with Crippen LogP contribution in [-0.4, -0.2) is 32.6 Å². The average Bonchev–Trinajstić information content (AvgIpc) is 3.26. The predicted octanol–water partition coefficient (Wildman–Crippen LogP) is 5.33. The minimum absolute atomic E-state index is 0.129. The molecule has 4 rings (SSSR count). The van der Waals surface area contributed by atoms with Gasteiger partial charge in [-0.1, -0.05) is 59.6 Å². The smallest absolute Gasteiger partial charge is 0.156 e. The number of fused-ring (bicyclic) bond motifs is 1. The normalized spacial score (nSPS) is 14.5.